The predicted molar refractivity (Wildman–Crippen MR) is 110 cm³/mol. The Bertz CT molecular complexity index is 1080. The fourth-order valence-corrected chi connectivity index (χ4v) is 3.72. The Hall–Kier alpha value is -2.75. The van der Waals surface area contributed by atoms with Crippen LogP contribution in [0.4, 0.5) is 0 Å². The largest absolute Gasteiger partial charge is 0.457 e. The number of ether oxygens (including phenoxy) is 1. The molecule has 156 valence electrons. The van der Waals surface area contributed by atoms with Crippen molar-refractivity contribution in [1.29, 1.82) is 0 Å². The van der Waals surface area contributed by atoms with Crippen LogP contribution in [0.25, 0.3) is 11.2 Å². The number of aromatic amines is 1. The zero-order chi connectivity index (χ0) is 20.8. The topological polar surface area (TPSA) is 112 Å². The fourth-order valence-electron chi connectivity index (χ4n) is 3.12. The molecule has 0 aliphatic rings. The van der Waals surface area contributed by atoms with E-state index in [1.165, 1.54) is 15.9 Å². The summed E-state index contributed by atoms with van der Waals surface area (Å²) < 4.78 is 8.61. The Balaban J connectivity index is 1.85. The number of rotatable bonds is 10. The Morgan fingerprint density at radius 3 is 2.72 bits per heavy atom. The third kappa shape index (κ3) is 4.81. The van der Waals surface area contributed by atoms with E-state index < -0.39 is 11.2 Å². The Morgan fingerprint density at radius 2 is 2.03 bits per heavy atom. The number of fused-ring (bicyclic) bond motifs is 1. The van der Waals surface area contributed by atoms with E-state index in [0.717, 1.165) is 25.0 Å². The number of carbonyl (C=O) groups excluding carboxylic acids is 1. The van der Waals surface area contributed by atoms with Crippen molar-refractivity contribution < 1.29 is 9.53 Å². The van der Waals surface area contributed by atoms with Crippen molar-refractivity contribution >= 4 is 28.5 Å². The molecule has 0 atom stereocenters. The lowest BCUT2D eigenvalue weighted by Crippen LogP contribution is -2.31. The Kier molecular flexibility index (Phi) is 6.97. The summed E-state index contributed by atoms with van der Waals surface area (Å²) in [6, 6.07) is 0. The predicted octanol–water partition coefficient (Wildman–Crippen LogP) is 2.23. The minimum Gasteiger partial charge on any atom is -0.457 e. The molecular weight excluding hydrogens is 394 g/mol. The van der Waals surface area contributed by atoms with Gasteiger partial charge in [0.05, 0.1) is 17.6 Å². The molecule has 0 fully saturated rings. The van der Waals surface area contributed by atoms with Crippen LogP contribution >= 0.6 is 11.3 Å². The van der Waals surface area contributed by atoms with E-state index in [2.05, 4.69) is 15.0 Å². The van der Waals surface area contributed by atoms with Gasteiger partial charge in [0.15, 0.2) is 11.2 Å². The molecule has 0 aliphatic heterocycles. The van der Waals surface area contributed by atoms with Crippen molar-refractivity contribution in [3.8, 4) is 0 Å². The second-order valence-corrected chi connectivity index (χ2v) is 7.48. The quantitative estimate of drug-likeness (QED) is 0.504. The number of carbonyl (C=O) groups is 1. The number of aryl methyl sites for hydroxylation is 3. The van der Waals surface area contributed by atoms with Gasteiger partial charge in [-0.2, -0.15) is 0 Å². The number of nitrogens with zero attached hydrogens (tertiary/aromatic N) is 4. The zero-order valence-electron chi connectivity index (χ0n) is 16.6. The van der Waals surface area contributed by atoms with Gasteiger partial charge in [0.1, 0.15) is 12.4 Å². The number of hydrogen-bond acceptors (Lipinski definition) is 7. The number of aromatic nitrogens is 5. The minimum absolute atomic E-state index is 0.0496. The van der Waals surface area contributed by atoms with Gasteiger partial charge >= 0.3 is 11.7 Å². The van der Waals surface area contributed by atoms with E-state index in [4.69, 9.17) is 4.74 Å². The maximum absolute atomic E-state index is 12.5. The van der Waals surface area contributed by atoms with Gasteiger partial charge in [-0.15, -0.1) is 11.3 Å². The molecule has 10 heteroatoms. The van der Waals surface area contributed by atoms with Gasteiger partial charge in [-0.1, -0.05) is 20.3 Å². The first-order chi connectivity index (χ1) is 14.0. The minimum atomic E-state index is -0.472. The fraction of sp³-hybridized carbons (Fsp3) is 0.526. The number of imidazole rings is 1. The SMILES string of the molecule is CCCCn1c(=O)[nH]c(=O)c2c1nc(COC(=O)CCc1cscn1)n2CCC. The maximum Gasteiger partial charge on any atom is 0.330 e. The van der Waals surface area contributed by atoms with Crippen LogP contribution in [-0.2, 0) is 35.6 Å². The van der Waals surface area contributed by atoms with Crippen molar-refractivity contribution in [2.45, 2.75) is 65.6 Å². The van der Waals surface area contributed by atoms with E-state index in [1.807, 2.05) is 19.2 Å². The highest BCUT2D eigenvalue weighted by molar-refractivity contribution is 7.07. The van der Waals surface area contributed by atoms with Gasteiger partial charge in [0.25, 0.3) is 5.56 Å². The van der Waals surface area contributed by atoms with Crippen molar-refractivity contribution in [2.24, 2.45) is 0 Å². The van der Waals surface area contributed by atoms with Gasteiger partial charge < -0.3 is 9.30 Å². The molecule has 0 saturated carbocycles. The summed E-state index contributed by atoms with van der Waals surface area (Å²) in [5, 5.41) is 1.90. The summed E-state index contributed by atoms with van der Waals surface area (Å²) in [6.07, 6.45) is 3.21. The average Bonchev–Trinajstić information content (AvgIpc) is 3.33. The van der Waals surface area contributed by atoms with Crippen LogP contribution in [0, 0.1) is 0 Å². The van der Waals surface area contributed by atoms with E-state index >= 15 is 0 Å². The van der Waals surface area contributed by atoms with Crippen LogP contribution in [-0.4, -0.2) is 30.1 Å². The number of unbranched alkanes of at least 4 members (excludes halogenated alkanes) is 1. The van der Waals surface area contributed by atoms with Gasteiger partial charge in [-0.05, 0) is 12.8 Å². The average molecular weight is 420 g/mol. The molecule has 0 aromatic carbocycles. The lowest BCUT2D eigenvalue weighted by Gasteiger charge is -2.08. The molecule has 0 aliphatic carbocycles. The molecule has 3 rings (SSSR count). The highest BCUT2D eigenvalue weighted by atomic mass is 32.1. The molecule has 1 N–H and O–H groups in total. The van der Waals surface area contributed by atoms with Gasteiger partial charge in [-0.3, -0.25) is 19.1 Å². The summed E-state index contributed by atoms with van der Waals surface area (Å²) in [7, 11) is 0. The summed E-state index contributed by atoms with van der Waals surface area (Å²) in [5.74, 6) is 0.107. The number of esters is 1. The van der Waals surface area contributed by atoms with Crippen molar-refractivity contribution in [2.75, 3.05) is 0 Å². The van der Waals surface area contributed by atoms with E-state index in [1.54, 1.807) is 10.1 Å². The molecule has 3 aromatic rings. The second kappa shape index (κ2) is 9.64. The molecule has 0 unspecified atom stereocenters. The van der Waals surface area contributed by atoms with Crippen LogP contribution in [0.15, 0.2) is 20.5 Å². The van der Waals surface area contributed by atoms with Gasteiger partial charge in [0.2, 0.25) is 0 Å². The maximum atomic E-state index is 12.5. The normalized spacial score (nSPS) is 11.2. The molecule has 0 spiro atoms. The smallest absolute Gasteiger partial charge is 0.330 e. The third-order valence-corrected chi connectivity index (χ3v) is 5.21. The summed E-state index contributed by atoms with van der Waals surface area (Å²) >= 11 is 1.48. The molecule has 3 aromatic heterocycles. The second-order valence-electron chi connectivity index (χ2n) is 6.76. The third-order valence-electron chi connectivity index (χ3n) is 4.58. The number of H-pyrrole nitrogens is 1. The molecule has 0 bridgehead atoms. The number of thiazole rings is 1. The summed E-state index contributed by atoms with van der Waals surface area (Å²) in [4.78, 5) is 47.9. The highest BCUT2D eigenvalue weighted by Crippen LogP contribution is 2.14. The molecule has 0 amide bonds. The van der Waals surface area contributed by atoms with Crippen LogP contribution in [0.5, 0.6) is 0 Å². The van der Waals surface area contributed by atoms with E-state index in [0.29, 0.717) is 36.5 Å². The van der Waals surface area contributed by atoms with Crippen molar-refractivity contribution in [3.05, 3.63) is 43.2 Å². The summed E-state index contributed by atoms with van der Waals surface area (Å²) in [6.45, 7) is 4.97. The monoisotopic (exact) mass is 419 g/mol. The number of hydrogen-bond donors (Lipinski definition) is 1. The van der Waals surface area contributed by atoms with Crippen LogP contribution in [0.2, 0.25) is 0 Å². The molecule has 3 heterocycles. The first-order valence-electron chi connectivity index (χ1n) is 9.80. The molecule has 0 radical (unpaired) electrons. The molecular formula is C19H25N5O4S. The van der Waals surface area contributed by atoms with Crippen molar-refractivity contribution in [1.82, 2.24) is 24.1 Å². The van der Waals surface area contributed by atoms with Gasteiger partial charge in [0, 0.05) is 24.9 Å². The first-order valence-corrected chi connectivity index (χ1v) is 10.7. The van der Waals surface area contributed by atoms with Gasteiger partial charge in [-0.25, -0.2) is 14.8 Å². The first kappa shape index (κ1) is 21.0. The van der Waals surface area contributed by atoms with Crippen LogP contribution in [0.1, 0.15) is 51.0 Å². The summed E-state index contributed by atoms with van der Waals surface area (Å²) in [5.41, 5.74) is 2.33. The Morgan fingerprint density at radius 1 is 1.21 bits per heavy atom. The standard InChI is InChI=1S/C19H25N5O4S/c1-3-5-9-24-17-16(18(26)22-19(24)27)23(8-4-2)14(21-17)10-28-15(25)7-6-13-11-29-12-20-13/h11-12H,3-10H2,1-2H3,(H,22,26,27). The number of nitrogens with one attached hydrogen (secondary N) is 1. The highest BCUT2D eigenvalue weighted by Gasteiger charge is 2.19. The van der Waals surface area contributed by atoms with E-state index in [-0.39, 0.29) is 19.0 Å². The molecule has 9 nitrogen and oxygen atoms in total. The van der Waals surface area contributed by atoms with Crippen LogP contribution < -0.4 is 11.2 Å². The van der Waals surface area contributed by atoms with Crippen molar-refractivity contribution in [3.63, 3.8) is 0 Å². The zero-order valence-corrected chi connectivity index (χ0v) is 17.5. The van der Waals surface area contributed by atoms with Crippen LogP contribution in [0.3, 0.4) is 0 Å². The molecule has 29 heavy (non-hydrogen) atoms. The Labute approximate surface area is 171 Å². The van der Waals surface area contributed by atoms with E-state index in [9.17, 15) is 14.4 Å². The molecule has 0 saturated heterocycles. The lowest BCUT2D eigenvalue weighted by molar-refractivity contribution is -0.145. The lowest BCUT2D eigenvalue weighted by atomic mass is 10.2.